The van der Waals surface area contributed by atoms with Crippen molar-refractivity contribution >= 4 is 29.5 Å². The van der Waals surface area contributed by atoms with Crippen LogP contribution >= 0.6 is 0 Å². The van der Waals surface area contributed by atoms with Gasteiger partial charge < -0.3 is 30.4 Å². The first-order chi connectivity index (χ1) is 18.9. The molecule has 0 aromatic rings. The van der Waals surface area contributed by atoms with Gasteiger partial charge in [-0.05, 0) is 35.5 Å². The molecule has 4 fully saturated rings. The number of fused-ring (bicyclic) bond motifs is 1. The van der Waals surface area contributed by atoms with Gasteiger partial charge in [0.15, 0.2) is 6.10 Å². The molecule has 3 unspecified atom stereocenters. The SMILES string of the molecule is CC(C)(C)C(NC(=O)C(F)(F)F)C(=O)N1C[C@H]2[C@@H]([C@H]1C(=O)NC(CN1CCCC1=O)C(O)C(=O)N1CCC1)C2(C)C. The Morgan fingerprint density at radius 1 is 1.02 bits per heavy atom. The average molecular weight is 588 g/mol. The molecule has 230 valence electrons. The van der Waals surface area contributed by atoms with E-state index in [-0.39, 0.29) is 36.2 Å². The summed E-state index contributed by atoms with van der Waals surface area (Å²) in [4.78, 5) is 68.8. The molecule has 41 heavy (non-hydrogen) atoms. The van der Waals surface area contributed by atoms with Gasteiger partial charge in [0, 0.05) is 39.1 Å². The molecule has 3 N–H and O–H groups in total. The van der Waals surface area contributed by atoms with E-state index >= 15 is 0 Å². The third-order valence-electron chi connectivity index (χ3n) is 9.12. The number of halogens is 3. The number of aliphatic hydroxyl groups excluding tert-OH is 1. The molecule has 0 aromatic carbocycles. The van der Waals surface area contributed by atoms with Gasteiger partial charge in [0.2, 0.25) is 17.7 Å². The molecule has 3 saturated heterocycles. The maximum atomic E-state index is 13.9. The van der Waals surface area contributed by atoms with E-state index in [1.807, 2.05) is 19.2 Å². The molecule has 1 aliphatic carbocycles. The van der Waals surface area contributed by atoms with Gasteiger partial charge in [-0.2, -0.15) is 13.2 Å². The molecule has 0 spiro atoms. The number of hydrogen-bond acceptors (Lipinski definition) is 6. The molecular formula is C27H40F3N5O6. The van der Waals surface area contributed by atoms with Crippen molar-refractivity contribution in [1.29, 1.82) is 0 Å². The fourth-order valence-corrected chi connectivity index (χ4v) is 6.36. The monoisotopic (exact) mass is 587 g/mol. The van der Waals surface area contributed by atoms with E-state index in [1.54, 1.807) is 0 Å². The molecule has 4 rings (SSSR count). The number of carbonyl (C=O) groups excluding carboxylic acids is 5. The van der Waals surface area contributed by atoms with Crippen LogP contribution in [0.25, 0.3) is 0 Å². The summed E-state index contributed by atoms with van der Waals surface area (Å²) in [6.07, 6.45) is -5.12. The van der Waals surface area contributed by atoms with Crippen LogP contribution in [0, 0.1) is 22.7 Å². The number of rotatable bonds is 8. The smallest absolute Gasteiger partial charge is 0.381 e. The summed E-state index contributed by atoms with van der Waals surface area (Å²) in [6, 6.07) is -3.82. The van der Waals surface area contributed by atoms with Crippen LogP contribution in [0.1, 0.15) is 53.9 Å². The topological polar surface area (TPSA) is 139 Å². The summed E-state index contributed by atoms with van der Waals surface area (Å²) in [5.41, 5.74) is -1.45. The molecule has 14 heteroatoms. The summed E-state index contributed by atoms with van der Waals surface area (Å²) < 4.78 is 39.3. The predicted molar refractivity (Wildman–Crippen MR) is 139 cm³/mol. The molecule has 1 saturated carbocycles. The lowest BCUT2D eigenvalue weighted by Gasteiger charge is -2.39. The zero-order chi connectivity index (χ0) is 30.7. The second kappa shape index (κ2) is 10.7. The van der Waals surface area contributed by atoms with Crippen LogP contribution in [0.3, 0.4) is 0 Å². The van der Waals surface area contributed by atoms with Gasteiger partial charge in [-0.1, -0.05) is 34.6 Å². The molecule has 3 aliphatic heterocycles. The van der Waals surface area contributed by atoms with Crippen LogP contribution in [-0.4, -0.2) is 112 Å². The second-order valence-electron chi connectivity index (χ2n) is 13.3. The lowest BCUT2D eigenvalue weighted by molar-refractivity contribution is -0.176. The first-order valence-corrected chi connectivity index (χ1v) is 14.1. The number of alkyl halides is 3. The molecule has 5 amide bonds. The molecule has 11 nitrogen and oxygen atoms in total. The Labute approximate surface area is 237 Å². The molecule has 3 heterocycles. The molecule has 0 aromatic heterocycles. The average Bonchev–Trinajstić information content (AvgIpc) is 3.16. The molecule has 6 atom stereocenters. The van der Waals surface area contributed by atoms with Crippen molar-refractivity contribution in [2.75, 3.05) is 32.7 Å². The highest BCUT2D eigenvalue weighted by atomic mass is 19.4. The van der Waals surface area contributed by atoms with Crippen LogP contribution in [0.2, 0.25) is 0 Å². The summed E-state index contributed by atoms with van der Waals surface area (Å²) in [7, 11) is 0. The Balaban J connectivity index is 1.58. The highest BCUT2D eigenvalue weighted by Gasteiger charge is 2.70. The van der Waals surface area contributed by atoms with Crippen molar-refractivity contribution in [3.05, 3.63) is 0 Å². The molecule has 0 radical (unpaired) electrons. The van der Waals surface area contributed by atoms with Gasteiger partial charge in [0.25, 0.3) is 5.91 Å². The third kappa shape index (κ3) is 6.02. The number of aliphatic hydroxyl groups is 1. The summed E-state index contributed by atoms with van der Waals surface area (Å²) in [6.45, 7) is 9.77. The van der Waals surface area contributed by atoms with Crippen molar-refractivity contribution in [3.63, 3.8) is 0 Å². The number of piperidine rings is 1. The Morgan fingerprint density at radius 3 is 2.15 bits per heavy atom. The highest BCUT2D eigenvalue weighted by molar-refractivity contribution is 5.95. The number of amides is 5. The van der Waals surface area contributed by atoms with Gasteiger partial charge in [0.1, 0.15) is 12.1 Å². The van der Waals surface area contributed by atoms with Crippen LogP contribution < -0.4 is 10.6 Å². The zero-order valence-corrected chi connectivity index (χ0v) is 24.1. The lowest BCUT2D eigenvalue weighted by Crippen LogP contribution is -2.63. The van der Waals surface area contributed by atoms with Gasteiger partial charge in [0.05, 0.1) is 6.04 Å². The van der Waals surface area contributed by atoms with Gasteiger partial charge in [-0.25, -0.2) is 0 Å². The maximum absolute atomic E-state index is 13.9. The van der Waals surface area contributed by atoms with E-state index in [4.69, 9.17) is 0 Å². The van der Waals surface area contributed by atoms with Crippen LogP contribution in [0.5, 0.6) is 0 Å². The van der Waals surface area contributed by atoms with Crippen molar-refractivity contribution in [3.8, 4) is 0 Å². The Hall–Kier alpha value is -2.90. The predicted octanol–water partition coefficient (Wildman–Crippen LogP) is 0.263. The van der Waals surface area contributed by atoms with E-state index in [0.717, 1.165) is 6.42 Å². The minimum atomic E-state index is -5.20. The molecular weight excluding hydrogens is 547 g/mol. The number of likely N-dealkylation sites (tertiary alicyclic amines) is 3. The first kappa shape index (κ1) is 31.0. The van der Waals surface area contributed by atoms with Crippen LogP contribution in [0.4, 0.5) is 13.2 Å². The van der Waals surface area contributed by atoms with Crippen molar-refractivity contribution in [1.82, 2.24) is 25.3 Å². The number of hydrogen-bond donors (Lipinski definition) is 3. The van der Waals surface area contributed by atoms with Gasteiger partial charge >= 0.3 is 12.1 Å². The van der Waals surface area contributed by atoms with E-state index in [2.05, 4.69) is 5.32 Å². The first-order valence-electron chi connectivity index (χ1n) is 14.1. The molecule has 4 aliphatic rings. The van der Waals surface area contributed by atoms with Crippen molar-refractivity contribution in [2.45, 2.75) is 84.3 Å². The minimum Gasteiger partial charge on any atom is -0.381 e. The van der Waals surface area contributed by atoms with Gasteiger partial charge in [-0.3, -0.25) is 24.0 Å². The fourth-order valence-electron chi connectivity index (χ4n) is 6.36. The summed E-state index contributed by atoms with van der Waals surface area (Å²) >= 11 is 0. The van der Waals surface area contributed by atoms with Crippen molar-refractivity contribution in [2.24, 2.45) is 22.7 Å². The summed E-state index contributed by atoms with van der Waals surface area (Å²) in [5.74, 6) is -4.89. The molecule has 0 bridgehead atoms. The normalized spacial score (nSPS) is 27.5. The maximum Gasteiger partial charge on any atom is 0.471 e. The van der Waals surface area contributed by atoms with E-state index in [9.17, 15) is 42.3 Å². The zero-order valence-electron chi connectivity index (χ0n) is 24.1. The minimum absolute atomic E-state index is 0.101. The number of carbonyl (C=O) groups is 5. The second-order valence-corrected chi connectivity index (χ2v) is 13.3. The largest absolute Gasteiger partial charge is 0.471 e. The quantitative estimate of drug-likeness (QED) is 0.373. The van der Waals surface area contributed by atoms with E-state index in [1.165, 1.54) is 35.5 Å². The Morgan fingerprint density at radius 2 is 1.66 bits per heavy atom. The van der Waals surface area contributed by atoms with Gasteiger partial charge in [-0.15, -0.1) is 0 Å². The Kier molecular flexibility index (Phi) is 8.13. The lowest BCUT2D eigenvalue weighted by atomic mass is 9.85. The fraction of sp³-hybridized carbons (Fsp3) is 0.815. The Bertz CT molecular complexity index is 1100. The van der Waals surface area contributed by atoms with Crippen LogP contribution in [-0.2, 0) is 24.0 Å². The highest BCUT2D eigenvalue weighted by Crippen LogP contribution is 2.65. The van der Waals surface area contributed by atoms with Crippen molar-refractivity contribution < 1.29 is 42.3 Å². The number of nitrogens with one attached hydrogen (secondary N) is 2. The number of nitrogens with zero attached hydrogens (tertiary/aromatic N) is 3. The van der Waals surface area contributed by atoms with E-state index < -0.39 is 59.4 Å². The summed E-state index contributed by atoms with van der Waals surface area (Å²) in [5, 5.41) is 15.5. The van der Waals surface area contributed by atoms with E-state index in [0.29, 0.717) is 32.5 Å². The van der Waals surface area contributed by atoms with Crippen LogP contribution in [0.15, 0.2) is 0 Å². The standard InChI is InChI=1S/C27H40F3N5O6/c1-25(2,3)20(32-24(41)27(28,29)30)23(40)35-12-14-17(26(14,4)5)18(35)21(38)31-15(13-34-9-6-8-16(34)36)19(37)22(39)33-10-7-11-33/h14-15,17-20,37H,6-13H2,1-5H3,(H,31,38)(H,32,41)/t14-,15?,17-,18-,19?,20?/m0/s1. The third-order valence-corrected chi connectivity index (χ3v) is 9.12.